The molecule has 5 heteroatoms. The van der Waals surface area contributed by atoms with Crippen molar-refractivity contribution >= 4 is 17.0 Å². The number of hydrogen-bond donors (Lipinski definition) is 1. The Balaban J connectivity index is 2.11. The molecule has 0 aliphatic carbocycles. The lowest BCUT2D eigenvalue weighted by Crippen LogP contribution is -2.17. The summed E-state index contributed by atoms with van der Waals surface area (Å²) in [6.45, 7) is 3.74. The maximum atomic E-state index is 4.33. The monoisotopic (exact) mass is 262 g/mol. The Labute approximate surface area is 112 Å². The lowest BCUT2D eigenvalue weighted by atomic mass is 10.2. The minimum atomic E-state index is 0.793. The van der Waals surface area contributed by atoms with Crippen LogP contribution in [0.25, 0.3) is 0 Å². The molecule has 1 N–H and O–H groups in total. The van der Waals surface area contributed by atoms with Gasteiger partial charge < -0.3 is 10.2 Å². The summed E-state index contributed by atoms with van der Waals surface area (Å²) in [5, 5.41) is 3.12. The number of nitrogens with zero attached hydrogens (tertiary/aromatic N) is 3. The first-order valence-electron chi connectivity index (χ1n) is 5.90. The summed E-state index contributed by atoms with van der Waals surface area (Å²) < 4.78 is 0. The zero-order valence-corrected chi connectivity index (χ0v) is 11.8. The molecule has 18 heavy (non-hydrogen) atoms. The number of nitrogens with one attached hydrogen (secondary N) is 1. The van der Waals surface area contributed by atoms with Crippen molar-refractivity contribution in [3.05, 3.63) is 40.1 Å². The molecule has 0 unspecified atom stereocenters. The van der Waals surface area contributed by atoms with Crippen LogP contribution in [0.2, 0.25) is 0 Å². The van der Waals surface area contributed by atoms with Crippen molar-refractivity contribution in [1.29, 1.82) is 0 Å². The van der Waals surface area contributed by atoms with Crippen LogP contribution < -0.4 is 10.2 Å². The summed E-state index contributed by atoms with van der Waals surface area (Å²) in [5.41, 5.74) is 5.26. The van der Waals surface area contributed by atoms with Gasteiger partial charge in [-0.2, -0.15) is 0 Å². The average Bonchev–Trinajstić information content (AvgIpc) is 2.76. The lowest BCUT2D eigenvalue weighted by molar-refractivity contribution is 0.789. The van der Waals surface area contributed by atoms with E-state index in [-0.39, 0.29) is 0 Å². The van der Waals surface area contributed by atoms with E-state index in [0.29, 0.717) is 0 Å². The average molecular weight is 262 g/mol. The smallest absolute Gasteiger partial charge is 0.0798 e. The number of aryl methyl sites for hydroxylation is 1. The topological polar surface area (TPSA) is 41.0 Å². The molecule has 0 aromatic carbocycles. The van der Waals surface area contributed by atoms with Gasteiger partial charge in [0.25, 0.3) is 0 Å². The third-order valence-corrected chi connectivity index (χ3v) is 3.74. The van der Waals surface area contributed by atoms with Gasteiger partial charge in [-0.3, -0.25) is 4.98 Å². The van der Waals surface area contributed by atoms with Gasteiger partial charge in [0.15, 0.2) is 0 Å². The fourth-order valence-corrected chi connectivity index (χ4v) is 2.59. The molecule has 0 bridgehead atoms. The normalized spacial score (nSPS) is 10.6. The third-order valence-electron chi connectivity index (χ3n) is 2.82. The zero-order chi connectivity index (χ0) is 13.0. The number of aromatic nitrogens is 2. The van der Waals surface area contributed by atoms with Crippen molar-refractivity contribution in [2.45, 2.75) is 20.0 Å². The molecule has 0 saturated heterocycles. The molecule has 0 spiro atoms. The predicted octanol–water partition coefficient (Wildman–Crippen LogP) is 2.20. The molecule has 0 atom stereocenters. The molecule has 2 aromatic rings. The van der Waals surface area contributed by atoms with Crippen molar-refractivity contribution in [2.75, 3.05) is 19.0 Å². The van der Waals surface area contributed by atoms with Crippen LogP contribution in [0.1, 0.15) is 16.3 Å². The summed E-state index contributed by atoms with van der Waals surface area (Å²) in [7, 11) is 4.02. The molecule has 0 saturated carbocycles. The Kier molecular flexibility index (Phi) is 4.28. The van der Waals surface area contributed by atoms with Gasteiger partial charge in [0, 0.05) is 30.4 Å². The first-order valence-corrected chi connectivity index (χ1v) is 6.78. The Morgan fingerprint density at radius 3 is 2.89 bits per heavy atom. The number of pyridine rings is 1. The standard InChI is InChI=1S/C13H18N4S/c1-10-13(18-9-16-10)8-17(3)12-4-5-15-11(6-12)7-14-2/h4-6,9,14H,7-8H2,1-3H3. The van der Waals surface area contributed by atoms with Crippen LogP contribution in [-0.2, 0) is 13.1 Å². The van der Waals surface area contributed by atoms with Crippen LogP contribution >= 0.6 is 11.3 Å². The fourth-order valence-electron chi connectivity index (χ4n) is 1.77. The highest BCUT2D eigenvalue weighted by Gasteiger charge is 2.07. The highest BCUT2D eigenvalue weighted by molar-refractivity contribution is 7.09. The van der Waals surface area contributed by atoms with Gasteiger partial charge in [-0.1, -0.05) is 0 Å². The summed E-state index contributed by atoms with van der Waals surface area (Å²) in [6.07, 6.45) is 1.86. The highest BCUT2D eigenvalue weighted by Crippen LogP contribution is 2.19. The molecule has 0 radical (unpaired) electrons. The first-order chi connectivity index (χ1) is 8.70. The van der Waals surface area contributed by atoms with E-state index < -0.39 is 0 Å². The molecule has 2 rings (SSSR count). The molecule has 0 amide bonds. The van der Waals surface area contributed by atoms with E-state index in [2.05, 4.69) is 40.2 Å². The fraction of sp³-hybridized carbons (Fsp3) is 0.385. The summed E-state index contributed by atoms with van der Waals surface area (Å²) in [4.78, 5) is 12.1. The van der Waals surface area contributed by atoms with E-state index in [9.17, 15) is 0 Å². The van der Waals surface area contributed by atoms with Crippen LogP contribution in [0.3, 0.4) is 0 Å². The van der Waals surface area contributed by atoms with Crippen LogP contribution in [0.5, 0.6) is 0 Å². The number of thiazole rings is 1. The summed E-state index contributed by atoms with van der Waals surface area (Å²) in [5.74, 6) is 0. The lowest BCUT2D eigenvalue weighted by Gasteiger charge is -2.19. The molecule has 4 nitrogen and oxygen atoms in total. The molecule has 0 aliphatic rings. The second kappa shape index (κ2) is 5.93. The molecule has 2 heterocycles. The Morgan fingerprint density at radius 2 is 2.22 bits per heavy atom. The first kappa shape index (κ1) is 13.0. The van der Waals surface area contributed by atoms with Crippen molar-refractivity contribution in [3.63, 3.8) is 0 Å². The van der Waals surface area contributed by atoms with E-state index in [1.54, 1.807) is 11.3 Å². The molecule has 0 fully saturated rings. The Hall–Kier alpha value is -1.46. The molecule has 96 valence electrons. The van der Waals surface area contributed by atoms with E-state index >= 15 is 0 Å². The van der Waals surface area contributed by atoms with Gasteiger partial charge in [0.2, 0.25) is 0 Å². The van der Waals surface area contributed by atoms with Gasteiger partial charge in [-0.15, -0.1) is 11.3 Å². The second-order valence-corrected chi connectivity index (χ2v) is 5.19. The van der Waals surface area contributed by atoms with Gasteiger partial charge in [0.1, 0.15) is 0 Å². The number of rotatable bonds is 5. The zero-order valence-electron chi connectivity index (χ0n) is 11.0. The predicted molar refractivity (Wildman–Crippen MR) is 76.0 cm³/mol. The molecular weight excluding hydrogens is 244 g/mol. The largest absolute Gasteiger partial charge is 0.369 e. The van der Waals surface area contributed by atoms with Crippen molar-refractivity contribution in [3.8, 4) is 0 Å². The van der Waals surface area contributed by atoms with Gasteiger partial charge in [0.05, 0.1) is 23.4 Å². The molecular formula is C13H18N4S. The van der Waals surface area contributed by atoms with E-state index in [4.69, 9.17) is 0 Å². The Bertz CT molecular complexity index is 509. The van der Waals surface area contributed by atoms with E-state index in [1.807, 2.05) is 24.8 Å². The SMILES string of the molecule is CNCc1cc(N(C)Cc2scnc2C)ccn1. The number of hydrogen-bond acceptors (Lipinski definition) is 5. The third kappa shape index (κ3) is 3.05. The maximum absolute atomic E-state index is 4.33. The van der Waals surface area contributed by atoms with Crippen LogP contribution in [0.15, 0.2) is 23.8 Å². The molecule has 0 aliphatic heterocycles. The quantitative estimate of drug-likeness (QED) is 0.897. The summed E-state index contributed by atoms with van der Waals surface area (Å²) in [6, 6.07) is 4.16. The Morgan fingerprint density at radius 1 is 1.39 bits per heavy atom. The van der Waals surface area contributed by atoms with Crippen molar-refractivity contribution in [1.82, 2.24) is 15.3 Å². The van der Waals surface area contributed by atoms with Crippen LogP contribution in [-0.4, -0.2) is 24.1 Å². The van der Waals surface area contributed by atoms with Gasteiger partial charge >= 0.3 is 0 Å². The van der Waals surface area contributed by atoms with Gasteiger partial charge in [-0.05, 0) is 26.1 Å². The van der Waals surface area contributed by atoms with Crippen LogP contribution in [0, 0.1) is 6.92 Å². The summed E-state index contributed by atoms with van der Waals surface area (Å²) >= 11 is 1.71. The van der Waals surface area contributed by atoms with E-state index in [0.717, 1.165) is 24.5 Å². The van der Waals surface area contributed by atoms with E-state index in [1.165, 1.54) is 10.6 Å². The van der Waals surface area contributed by atoms with Crippen molar-refractivity contribution in [2.24, 2.45) is 0 Å². The maximum Gasteiger partial charge on any atom is 0.0798 e. The van der Waals surface area contributed by atoms with Gasteiger partial charge in [-0.25, -0.2) is 4.98 Å². The highest BCUT2D eigenvalue weighted by atomic mass is 32.1. The minimum Gasteiger partial charge on any atom is -0.369 e. The molecule has 2 aromatic heterocycles. The number of anilines is 1. The minimum absolute atomic E-state index is 0.793. The van der Waals surface area contributed by atoms with Crippen LogP contribution in [0.4, 0.5) is 5.69 Å². The second-order valence-electron chi connectivity index (χ2n) is 4.25. The van der Waals surface area contributed by atoms with Crippen molar-refractivity contribution < 1.29 is 0 Å².